The second-order valence-corrected chi connectivity index (χ2v) is 6.99. The fourth-order valence-corrected chi connectivity index (χ4v) is 3.62. The first-order chi connectivity index (χ1) is 13.7. The normalized spacial score (nSPS) is 18.1. The molecule has 2 aliphatic rings. The number of aromatic nitrogens is 2. The van der Waals surface area contributed by atoms with Crippen LogP contribution in [0.2, 0.25) is 0 Å². The Hall–Kier alpha value is -3.55. The molecule has 0 bridgehead atoms. The molecule has 8 nitrogen and oxygen atoms in total. The Bertz CT molecular complexity index is 1080. The van der Waals surface area contributed by atoms with Crippen LogP contribution in [0.3, 0.4) is 0 Å². The molecule has 0 saturated carbocycles. The van der Waals surface area contributed by atoms with Crippen LogP contribution in [0.5, 0.6) is 11.5 Å². The van der Waals surface area contributed by atoms with Crippen molar-refractivity contribution in [2.24, 2.45) is 5.92 Å². The van der Waals surface area contributed by atoms with Crippen LogP contribution in [0.1, 0.15) is 12.0 Å². The van der Waals surface area contributed by atoms with Crippen LogP contribution >= 0.6 is 0 Å². The first kappa shape index (κ1) is 16.6. The Morgan fingerprint density at radius 2 is 2.11 bits per heavy atom. The number of amides is 2. The number of H-pyrrole nitrogens is 1. The van der Waals surface area contributed by atoms with E-state index in [9.17, 15) is 9.59 Å². The first-order valence-corrected chi connectivity index (χ1v) is 9.06. The molecule has 2 amide bonds. The Labute approximate surface area is 160 Å². The third-order valence-electron chi connectivity index (χ3n) is 5.08. The molecular formula is C20H18N4O4. The van der Waals surface area contributed by atoms with Gasteiger partial charge in [0.15, 0.2) is 11.5 Å². The van der Waals surface area contributed by atoms with Crippen LogP contribution in [0, 0.1) is 5.92 Å². The molecule has 0 aliphatic carbocycles. The predicted octanol–water partition coefficient (Wildman–Crippen LogP) is 2.28. The minimum Gasteiger partial charge on any atom is -0.454 e. The van der Waals surface area contributed by atoms with Crippen molar-refractivity contribution in [2.45, 2.75) is 13.0 Å². The summed E-state index contributed by atoms with van der Waals surface area (Å²) in [5.74, 6) is 0.844. The van der Waals surface area contributed by atoms with Crippen LogP contribution in [0.15, 0.2) is 42.7 Å². The number of imidazole rings is 1. The topological polar surface area (TPSA) is 96.5 Å². The van der Waals surface area contributed by atoms with Crippen molar-refractivity contribution in [3.05, 3.63) is 48.3 Å². The zero-order valence-electron chi connectivity index (χ0n) is 15.0. The largest absolute Gasteiger partial charge is 0.454 e. The Morgan fingerprint density at radius 3 is 3.04 bits per heavy atom. The summed E-state index contributed by atoms with van der Waals surface area (Å²) in [7, 11) is 0. The van der Waals surface area contributed by atoms with Crippen LogP contribution < -0.4 is 14.8 Å². The predicted molar refractivity (Wildman–Crippen MR) is 101 cm³/mol. The maximum Gasteiger partial charge on any atom is 0.231 e. The molecule has 142 valence electrons. The fraction of sp³-hybridized carbons (Fsp3) is 0.250. The molecule has 2 aromatic carbocycles. The molecule has 2 N–H and O–H groups in total. The number of hydrogen-bond acceptors (Lipinski definition) is 5. The molecular weight excluding hydrogens is 360 g/mol. The van der Waals surface area contributed by atoms with Gasteiger partial charge in [0.25, 0.3) is 0 Å². The second-order valence-electron chi connectivity index (χ2n) is 6.99. The number of anilines is 1. The van der Waals surface area contributed by atoms with E-state index < -0.39 is 0 Å². The molecule has 1 unspecified atom stereocenters. The molecule has 0 spiro atoms. The number of carbonyl (C=O) groups is 2. The van der Waals surface area contributed by atoms with E-state index in [2.05, 4.69) is 15.3 Å². The lowest BCUT2D eigenvalue weighted by atomic mass is 10.1. The van der Waals surface area contributed by atoms with Crippen LogP contribution in [0.4, 0.5) is 5.69 Å². The van der Waals surface area contributed by atoms with Crippen LogP contribution in [-0.4, -0.2) is 40.0 Å². The monoisotopic (exact) mass is 378 g/mol. The van der Waals surface area contributed by atoms with Gasteiger partial charge in [-0.25, -0.2) is 4.98 Å². The van der Waals surface area contributed by atoms with Crippen molar-refractivity contribution in [2.75, 3.05) is 18.7 Å². The highest BCUT2D eigenvalue weighted by molar-refractivity contribution is 5.98. The molecule has 1 aromatic heterocycles. The van der Waals surface area contributed by atoms with Gasteiger partial charge < -0.3 is 24.7 Å². The van der Waals surface area contributed by atoms with Gasteiger partial charge in [0.1, 0.15) is 0 Å². The van der Waals surface area contributed by atoms with Gasteiger partial charge in [-0.2, -0.15) is 0 Å². The standard InChI is InChI=1S/C20H18N4O4/c25-19-6-13(20(26)23-14-2-3-15-16(7-14)22-10-21-15)9-24(19)8-12-1-4-17-18(5-12)28-11-27-17/h1-5,7,10,13H,6,8-9,11H2,(H,21,22)(H,23,26). The molecule has 1 fully saturated rings. The number of benzene rings is 2. The molecule has 5 rings (SSSR count). The Kier molecular flexibility index (Phi) is 3.89. The van der Waals surface area contributed by atoms with E-state index >= 15 is 0 Å². The number of carbonyl (C=O) groups excluding carboxylic acids is 2. The second kappa shape index (κ2) is 6.56. The molecule has 3 aromatic rings. The third kappa shape index (κ3) is 3.02. The van der Waals surface area contributed by atoms with Crippen molar-refractivity contribution in [3.63, 3.8) is 0 Å². The summed E-state index contributed by atoms with van der Waals surface area (Å²) in [6, 6.07) is 11.1. The molecule has 1 saturated heterocycles. The summed E-state index contributed by atoms with van der Waals surface area (Å²) >= 11 is 0. The van der Waals surface area contributed by atoms with Crippen molar-refractivity contribution < 1.29 is 19.1 Å². The Morgan fingerprint density at radius 1 is 1.21 bits per heavy atom. The van der Waals surface area contributed by atoms with Gasteiger partial charge in [-0.05, 0) is 35.9 Å². The number of aromatic amines is 1. The lowest BCUT2D eigenvalue weighted by Crippen LogP contribution is -2.28. The van der Waals surface area contributed by atoms with E-state index in [-0.39, 0.29) is 30.9 Å². The van der Waals surface area contributed by atoms with Gasteiger partial charge in [0.05, 0.1) is 23.3 Å². The summed E-state index contributed by atoms with van der Waals surface area (Å²) in [5.41, 5.74) is 3.32. The van der Waals surface area contributed by atoms with Gasteiger partial charge in [-0.1, -0.05) is 6.07 Å². The summed E-state index contributed by atoms with van der Waals surface area (Å²) in [4.78, 5) is 33.9. The lowest BCUT2D eigenvalue weighted by molar-refractivity contribution is -0.128. The molecule has 28 heavy (non-hydrogen) atoms. The minimum atomic E-state index is -0.376. The van der Waals surface area contributed by atoms with E-state index in [1.54, 1.807) is 11.2 Å². The number of ether oxygens (including phenoxy) is 2. The number of hydrogen-bond donors (Lipinski definition) is 2. The van der Waals surface area contributed by atoms with E-state index in [0.29, 0.717) is 30.3 Å². The average Bonchev–Trinajstić information content (AvgIpc) is 3.41. The van der Waals surface area contributed by atoms with Crippen molar-refractivity contribution in [1.82, 2.24) is 14.9 Å². The summed E-state index contributed by atoms with van der Waals surface area (Å²) in [5, 5.41) is 2.90. The average molecular weight is 378 g/mol. The highest BCUT2D eigenvalue weighted by Crippen LogP contribution is 2.33. The Balaban J connectivity index is 1.24. The van der Waals surface area contributed by atoms with Gasteiger partial charge in [0.2, 0.25) is 18.6 Å². The molecule has 2 aliphatic heterocycles. The smallest absolute Gasteiger partial charge is 0.231 e. The van der Waals surface area contributed by atoms with Crippen LogP contribution in [0.25, 0.3) is 11.0 Å². The minimum absolute atomic E-state index is 0.0261. The number of nitrogens with zero attached hydrogens (tertiary/aromatic N) is 2. The highest BCUT2D eigenvalue weighted by Gasteiger charge is 2.34. The summed E-state index contributed by atoms with van der Waals surface area (Å²) in [6.45, 7) is 1.05. The molecule has 1 atom stereocenters. The van der Waals surface area contributed by atoms with E-state index in [1.165, 1.54) is 0 Å². The van der Waals surface area contributed by atoms with Crippen molar-refractivity contribution in [3.8, 4) is 11.5 Å². The number of likely N-dealkylation sites (tertiary alicyclic amines) is 1. The fourth-order valence-electron chi connectivity index (χ4n) is 3.62. The van der Waals surface area contributed by atoms with Gasteiger partial charge in [-0.3, -0.25) is 9.59 Å². The molecule has 0 radical (unpaired) electrons. The zero-order valence-corrected chi connectivity index (χ0v) is 15.0. The van der Waals surface area contributed by atoms with Gasteiger partial charge in [0, 0.05) is 25.2 Å². The van der Waals surface area contributed by atoms with Crippen molar-refractivity contribution in [1.29, 1.82) is 0 Å². The maximum absolute atomic E-state index is 12.6. The number of nitrogens with one attached hydrogen (secondary N) is 2. The quantitative estimate of drug-likeness (QED) is 0.726. The van der Waals surface area contributed by atoms with E-state index in [1.807, 2.05) is 36.4 Å². The molecule has 3 heterocycles. The van der Waals surface area contributed by atoms with Crippen molar-refractivity contribution >= 4 is 28.5 Å². The first-order valence-electron chi connectivity index (χ1n) is 9.06. The third-order valence-corrected chi connectivity index (χ3v) is 5.08. The van der Waals surface area contributed by atoms with Gasteiger partial charge in [-0.15, -0.1) is 0 Å². The SMILES string of the molecule is O=C(Nc1ccc2nc[nH]c2c1)C1CC(=O)N(Cc2ccc3c(c2)OCO3)C1. The van der Waals surface area contributed by atoms with E-state index in [0.717, 1.165) is 16.6 Å². The maximum atomic E-state index is 12.6. The highest BCUT2D eigenvalue weighted by atomic mass is 16.7. The van der Waals surface area contributed by atoms with E-state index in [4.69, 9.17) is 9.47 Å². The molecule has 8 heteroatoms. The zero-order chi connectivity index (χ0) is 19.1. The number of fused-ring (bicyclic) bond motifs is 2. The number of rotatable bonds is 4. The summed E-state index contributed by atoms with van der Waals surface area (Å²) < 4.78 is 10.7. The summed E-state index contributed by atoms with van der Waals surface area (Å²) in [6.07, 6.45) is 1.82. The van der Waals surface area contributed by atoms with Gasteiger partial charge >= 0.3 is 0 Å². The van der Waals surface area contributed by atoms with Crippen LogP contribution in [-0.2, 0) is 16.1 Å². The lowest BCUT2D eigenvalue weighted by Gasteiger charge is -2.17.